The van der Waals surface area contributed by atoms with E-state index in [0.29, 0.717) is 11.6 Å². The van der Waals surface area contributed by atoms with Gasteiger partial charge in [-0.2, -0.15) is 0 Å². The first-order valence-corrected chi connectivity index (χ1v) is 10.0. The number of hydrogen-bond acceptors (Lipinski definition) is 6. The first-order valence-electron chi connectivity index (χ1n) is 10.0. The minimum Gasteiger partial charge on any atom is -0.497 e. The van der Waals surface area contributed by atoms with Crippen LogP contribution < -0.4 is 14.5 Å². The van der Waals surface area contributed by atoms with E-state index < -0.39 is 0 Å². The second-order valence-electron chi connectivity index (χ2n) is 7.27. The van der Waals surface area contributed by atoms with Gasteiger partial charge in [0.15, 0.2) is 0 Å². The number of likely N-dealkylation sites (tertiary alicyclic amines) is 1. The number of methoxy groups -OCH3 is 1. The predicted molar refractivity (Wildman–Crippen MR) is 109 cm³/mol. The molecule has 4 rings (SSSR count). The van der Waals surface area contributed by atoms with Gasteiger partial charge in [-0.05, 0) is 49.6 Å². The molecule has 148 valence electrons. The summed E-state index contributed by atoms with van der Waals surface area (Å²) in [5.41, 5.74) is 1.69. The number of carbonyl (C=O) groups is 1. The molecule has 28 heavy (non-hydrogen) atoms. The summed E-state index contributed by atoms with van der Waals surface area (Å²) < 4.78 is 5.23. The van der Waals surface area contributed by atoms with Gasteiger partial charge in [0, 0.05) is 51.2 Å². The number of hydrogen-bond donors (Lipinski definition) is 0. The second-order valence-corrected chi connectivity index (χ2v) is 7.27. The van der Waals surface area contributed by atoms with E-state index in [1.165, 1.54) is 12.1 Å². The summed E-state index contributed by atoms with van der Waals surface area (Å²) in [5.74, 6) is 1.54. The van der Waals surface area contributed by atoms with Gasteiger partial charge in [-0.15, -0.1) is 0 Å². The SMILES string of the molecule is COc1ccc(N2CCN(c3nccc(C(=O)N4CCCCC4)n3)CC2)cc1. The fourth-order valence-electron chi connectivity index (χ4n) is 3.84. The first kappa shape index (κ1) is 18.5. The third-order valence-corrected chi connectivity index (χ3v) is 5.51. The first-order chi connectivity index (χ1) is 13.7. The smallest absolute Gasteiger partial charge is 0.272 e. The van der Waals surface area contributed by atoms with Crippen LogP contribution in [0.25, 0.3) is 0 Å². The van der Waals surface area contributed by atoms with E-state index in [4.69, 9.17) is 4.74 Å². The molecule has 2 saturated heterocycles. The van der Waals surface area contributed by atoms with Crippen molar-refractivity contribution in [3.8, 4) is 5.75 Å². The molecule has 0 unspecified atom stereocenters. The van der Waals surface area contributed by atoms with E-state index in [0.717, 1.165) is 57.9 Å². The summed E-state index contributed by atoms with van der Waals surface area (Å²) in [6.07, 6.45) is 5.07. The highest BCUT2D eigenvalue weighted by Crippen LogP contribution is 2.22. The summed E-state index contributed by atoms with van der Waals surface area (Å²) in [6, 6.07) is 9.88. The van der Waals surface area contributed by atoms with Gasteiger partial charge in [0.25, 0.3) is 5.91 Å². The fraction of sp³-hybridized carbons (Fsp3) is 0.476. The van der Waals surface area contributed by atoms with Gasteiger partial charge in [0.2, 0.25) is 5.95 Å². The van der Waals surface area contributed by atoms with Crippen LogP contribution in [0.15, 0.2) is 36.5 Å². The van der Waals surface area contributed by atoms with Crippen molar-refractivity contribution in [1.29, 1.82) is 0 Å². The lowest BCUT2D eigenvalue weighted by molar-refractivity contribution is 0.0718. The topological polar surface area (TPSA) is 61.8 Å². The number of piperazine rings is 1. The van der Waals surface area contributed by atoms with Crippen LogP contribution in [0.4, 0.5) is 11.6 Å². The van der Waals surface area contributed by atoms with E-state index in [1.807, 2.05) is 17.0 Å². The standard InChI is InChI=1S/C21H27N5O2/c1-28-18-7-5-17(6-8-18)24-13-15-26(16-14-24)21-22-10-9-19(23-21)20(27)25-11-3-2-4-12-25/h5-10H,2-4,11-16H2,1H3. The molecule has 1 aromatic heterocycles. The minimum atomic E-state index is 0.0280. The molecule has 0 radical (unpaired) electrons. The normalized spacial score (nSPS) is 17.5. The van der Waals surface area contributed by atoms with Gasteiger partial charge in [-0.3, -0.25) is 4.79 Å². The van der Waals surface area contributed by atoms with Crippen LogP contribution in [0.3, 0.4) is 0 Å². The van der Waals surface area contributed by atoms with Crippen molar-refractivity contribution >= 4 is 17.5 Å². The summed E-state index contributed by atoms with van der Waals surface area (Å²) in [4.78, 5) is 28.1. The van der Waals surface area contributed by atoms with E-state index in [2.05, 4.69) is 31.9 Å². The van der Waals surface area contributed by atoms with Crippen molar-refractivity contribution in [2.24, 2.45) is 0 Å². The number of amides is 1. The van der Waals surface area contributed by atoms with Crippen LogP contribution >= 0.6 is 0 Å². The molecule has 3 heterocycles. The second kappa shape index (κ2) is 8.46. The Kier molecular flexibility index (Phi) is 5.60. The Hall–Kier alpha value is -2.83. The Bertz CT molecular complexity index is 797. The molecule has 2 fully saturated rings. The van der Waals surface area contributed by atoms with Gasteiger partial charge in [0.1, 0.15) is 11.4 Å². The van der Waals surface area contributed by atoms with Crippen LogP contribution in [0, 0.1) is 0 Å². The van der Waals surface area contributed by atoms with Gasteiger partial charge < -0.3 is 19.4 Å². The van der Waals surface area contributed by atoms with E-state index in [9.17, 15) is 4.79 Å². The highest BCUT2D eigenvalue weighted by Gasteiger charge is 2.23. The average Bonchev–Trinajstić information content (AvgIpc) is 2.79. The summed E-state index contributed by atoms with van der Waals surface area (Å²) in [6.45, 7) is 5.10. The number of rotatable bonds is 4. The van der Waals surface area contributed by atoms with Gasteiger partial charge >= 0.3 is 0 Å². The molecule has 7 heteroatoms. The summed E-state index contributed by atoms with van der Waals surface area (Å²) in [7, 11) is 1.68. The van der Waals surface area contributed by atoms with Crippen molar-refractivity contribution in [3.05, 3.63) is 42.2 Å². The molecule has 2 aliphatic heterocycles. The highest BCUT2D eigenvalue weighted by molar-refractivity contribution is 5.92. The zero-order valence-electron chi connectivity index (χ0n) is 16.4. The highest BCUT2D eigenvalue weighted by atomic mass is 16.5. The van der Waals surface area contributed by atoms with Gasteiger partial charge in [-0.1, -0.05) is 0 Å². The molecule has 0 bridgehead atoms. The third-order valence-electron chi connectivity index (χ3n) is 5.51. The molecule has 0 atom stereocenters. The molecule has 0 aliphatic carbocycles. The van der Waals surface area contributed by atoms with E-state index in [1.54, 1.807) is 19.4 Å². The summed E-state index contributed by atoms with van der Waals surface area (Å²) >= 11 is 0. The third kappa shape index (κ3) is 4.03. The average molecular weight is 381 g/mol. The van der Waals surface area contributed by atoms with Crippen molar-refractivity contribution in [1.82, 2.24) is 14.9 Å². The largest absolute Gasteiger partial charge is 0.497 e. The maximum absolute atomic E-state index is 12.7. The fourth-order valence-corrected chi connectivity index (χ4v) is 3.84. The molecule has 2 aromatic rings. The number of ether oxygens (including phenoxy) is 1. The molecular formula is C21H27N5O2. The lowest BCUT2D eigenvalue weighted by Crippen LogP contribution is -2.47. The maximum Gasteiger partial charge on any atom is 0.272 e. The molecule has 0 N–H and O–H groups in total. The molecule has 1 amide bonds. The van der Waals surface area contributed by atoms with E-state index >= 15 is 0 Å². The molecule has 0 saturated carbocycles. The van der Waals surface area contributed by atoms with Crippen molar-refractivity contribution in [2.75, 3.05) is 56.2 Å². The predicted octanol–water partition coefficient (Wildman–Crippen LogP) is 2.44. The lowest BCUT2D eigenvalue weighted by atomic mass is 10.1. The zero-order chi connectivity index (χ0) is 19.3. The molecule has 2 aliphatic rings. The van der Waals surface area contributed by atoms with Crippen molar-refractivity contribution in [2.45, 2.75) is 19.3 Å². The number of nitrogens with zero attached hydrogens (tertiary/aromatic N) is 5. The lowest BCUT2D eigenvalue weighted by Gasteiger charge is -2.36. The Morgan fingerprint density at radius 1 is 0.893 bits per heavy atom. The van der Waals surface area contributed by atoms with Crippen LogP contribution in [0.5, 0.6) is 5.75 Å². The Morgan fingerprint density at radius 3 is 2.25 bits per heavy atom. The van der Waals surface area contributed by atoms with Crippen LogP contribution in [0.2, 0.25) is 0 Å². The Morgan fingerprint density at radius 2 is 1.57 bits per heavy atom. The monoisotopic (exact) mass is 381 g/mol. The molecular weight excluding hydrogens is 354 g/mol. The number of aromatic nitrogens is 2. The number of piperidine rings is 1. The van der Waals surface area contributed by atoms with Crippen LogP contribution in [-0.2, 0) is 0 Å². The van der Waals surface area contributed by atoms with E-state index in [-0.39, 0.29) is 5.91 Å². The summed E-state index contributed by atoms with van der Waals surface area (Å²) in [5, 5.41) is 0. The Labute approximate surface area is 165 Å². The molecule has 1 aromatic carbocycles. The van der Waals surface area contributed by atoms with Gasteiger partial charge in [0.05, 0.1) is 7.11 Å². The Balaban J connectivity index is 1.39. The molecule has 7 nitrogen and oxygen atoms in total. The number of anilines is 2. The van der Waals surface area contributed by atoms with Crippen LogP contribution in [-0.4, -0.2) is 67.2 Å². The zero-order valence-corrected chi connectivity index (χ0v) is 16.4. The van der Waals surface area contributed by atoms with Crippen LogP contribution in [0.1, 0.15) is 29.8 Å². The molecule has 0 spiro atoms. The van der Waals surface area contributed by atoms with Crippen molar-refractivity contribution in [3.63, 3.8) is 0 Å². The van der Waals surface area contributed by atoms with Gasteiger partial charge in [-0.25, -0.2) is 9.97 Å². The maximum atomic E-state index is 12.7. The quantitative estimate of drug-likeness (QED) is 0.811. The van der Waals surface area contributed by atoms with Crippen molar-refractivity contribution < 1.29 is 9.53 Å². The minimum absolute atomic E-state index is 0.0280. The number of carbonyl (C=O) groups excluding carboxylic acids is 1. The number of benzene rings is 1.